The first kappa shape index (κ1) is 12.7. The summed E-state index contributed by atoms with van der Waals surface area (Å²) in [6, 6.07) is 3.50. The van der Waals surface area contributed by atoms with Crippen LogP contribution < -0.4 is 5.32 Å². The molecule has 90 valence electrons. The van der Waals surface area contributed by atoms with Crippen molar-refractivity contribution in [3.05, 3.63) is 50.6 Å². The highest BCUT2D eigenvalue weighted by molar-refractivity contribution is 9.10. The van der Waals surface area contributed by atoms with Crippen LogP contribution in [0.2, 0.25) is 0 Å². The van der Waals surface area contributed by atoms with E-state index in [1.54, 1.807) is 17.5 Å². The van der Waals surface area contributed by atoms with Crippen LogP contribution in [0.3, 0.4) is 0 Å². The number of pyridine rings is 1. The number of nitrogens with one attached hydrogen (secondary N) is 1. The number of thiophene rings is 1. The molecule has 0 fully saturated rings. The van der Waals surface area contributed by atoms with Gasteiger partial charge in [-0.2, -0.15) is 0 Å². The number of nitrogens with zero attached hydrogens (tertiary/aromatic N) is 1. The molecule has 0 aliphatic carbocycles. The molecule has 0 saturated carbocycles. The van der Waals surface area contributed by atoms with Gasteiger partial charge in [0.05, 0.1) is 12.2 Å². The van der Waals surface area contributed by atoms with Crippen LogP contribution in [0.4, 0.5) is 4.39 Å². The Kier molecular flexibility index (Phi) is 4.25. The van der Waals surface area contributed by atoms with E-state index in [2.05, 4.69) is 26.2 Å². The summed E-state index contributed by atoms with van der Waals surface area (Å²) in [5, 5.41) is 5.35. The Morgan fingerprint density at radius 1 is 1.53 bits per heavy atom. The molecule has 0 spiro atoms. The molecule has 0 amide bonds. The van der Waals surface area contributed by atoms with Crippen LogP contribution in [0.5, 0.6) is 0 Å². The molecule has 0 radical (unpaired) electrons. The molecule has 5 heteroatoms. The molecule has 0 saturated heterocycles. The minimum Gasteiger partial charge on any atom is -0.306 e. The lowest BCUT2D eigenvalue weighted by atomic mass is 10.1. The summed E-state index contributed by atoms with van der Waals surface area (Å²) in [6.07, 6.45) is 2.92. The van der Waals surface area contributed by atoms with Gasteiger partial charge in [-0.15, -0.1) is 11.3 Å². The van der Waals surface area contributed by atoms with Crippen LogP contribution >= 0.6 is 27.3 Å². The maximum absolute atomic E-state index is 13.2. The van der Waals surface area contributed by atoms with Crippen molar-refractivity contribution in [1.82, 2.24) is 10.3 Å². The largest absolute Gasteiger partial charge is 0.306 e. The van der Waals surface area contributed by atoms with Gasteiger partial charge in [0.2, 0.25) is 0 Å². The van der Waals surface area contributed by atoms with Gasteiger partial charge in [-0.05, 0) is 45.6 Å². The minimum atomic E-state index is -0.307. The molecule has 2 aromatic rings. The van der Waals surface area contributed by atoms with Crippen LogP contribution in [-0.4, -0.2) is 11.5 Å². The third-order valence-corrected chi connectivity index (χ3v) is 4.31. The van der Waals surface area contributed by atoms with E-state index in [0.29, 0.717) is 0 Å². The molecule has 1 atom stereocenters. The summed E-state index contributed by atoms with van der Waals surface area (Å²) in [7, 11) is 0. The maximum Gasteiger partial charge on any atom is 0.141 e. The van der Waals surface area contributed by atoms with Crippen molar-refractivity contribution < 1.29 is 4.39 Å². The van der Waals surface area contributed by atoms with Gasteiger partial charge in [-0.1, -0.05) is 6.92 Å². The zero-order valence-electron chi connectivity index (χ0n) is 9.28. The Balaban J connectivity index is 2.39. The lowest BCUT2D eigenvalue weighted by molar-refractivity contribution is 0.599. The van der Waals surface area contributed by atoms with Crippen molar-refractivity contribution >= 4 is 27.3 Å². The molecule has 1 N–H and O–H groups in total. The minimum absolute atomic E-state index is 0.0161. The predicted molar refractivity (Wildman–Crippen MR) is 71.7 cm³/mol. The van der Waals surface area contributed by atoms with E-state index in [4.69, 9.17) is 0 Å². The average Bonchev–Trinajstić information content (AvgIpc) is 2.72. The summed E-state index contributed by atoms with van der Waals surface area (Å²) in [4.78, 5) is 5.04. The maximum atomic E-state index is 13.2. The fourth-order valence-electron chi connectivity index (χ4n) is 1.66. The van der Waals surface area contributed by atoms with E-state index in [1.807, 2.05) is 18.4 Å². The molecular weight excluding hydrogens is 303 g/mol. The van der Waals surface area contributed by atoms with Crippen LogP contribution in [0.25, 0.3) is 0 Å². The fraction of sp³-hybridized carbons (Fsp3) is 0.250. The molecule has 2 aromatic heterocycles. The normalized spacial score (nSPS) is 12.6. The first-order chi connectivity index (χ1) is 8.22. The highest BCUT2D eigenvalue weighted by Gasteiger charge is 2.17. The molecule has 2 heterocycles. The van der Waals surface area contributed by atoms with E-state index in [1.165, 1.54) is 12.3 Å². The van der Waals surface area contributed by atoms with Crippen molar-refractivity contribution in [3.8, 4) is 0 Å². The number of rotatable bonds is 4. The van der Waals surface area contributed by atoms with Crippen molar-refractivity contribution in [3.63, 3.8) is 0 Å². The molecule has 0 bridgehead atoms. The van der Waals surface area contributed by atoms with Crippen molar-refractivity contribution in [1.29, 1.82) is 0 Å². The molecule has 2 nitrogen and oxygen atoms in total. The first-order valence-electron chi connectivity index (χ1n) is 5.29. The van der Waals surface area contributed by atoms with E-state index >= 15 is 0 Å². The zero-order chi connectivity index (χ0) is 12.3. The van der Waals surface area contributed by atoms with E-state index in [0.717, 1.165) is 21.5 Å². The van der Waals surface area contributed by atoms with Gasteiger partial charge in [-0.25, -0.2) is 4.39 Å². The Hall–Kier alpha value is -0.780. The highest BCUT2D eigenvalue weighted by Crippen LogP contribution is 2.32. The molecule has 2 rings (SSSR count). The first-order valence-corrected chi connectivity index (χ1v) is 6.96. The Morgan fingerprint density at radius 2 is 2.35 bits per heavy atom. The highest BCUT2D eigenvalue weighted by atomic mass is 79.9. The average molecular weight is 315 g/mol. The summed E-state index contributed by atoms with van der Waals surface area (Å²) in [5.41, 5.74) is 0.843. The molecule has 1 unspecified atom stereocenters. The Labute approximate surface area is 112 Å². The smallest absolute Gasteiger partial charge is 0.141 e. The second kappa shape index (κ2) is 5.71. The second-order valence-electron chi connectivity index (χ2n) is 3.56. The van der Waals surface area contributed by atoms with E-state index < -0.39 is 0 Å². The SMILES string of the molecule is CCNC(c1cncc(F)c1)c1sccc1Br. The van der Waals surface area contributed by atoms with Crippen molar-refractivity contribution in [2.75, 3.05) is 6.54 Å². The summed E-state index contributed by atoms with van der Waals surface area (Å²) >= 11 is 5.15. The quantitative estimate of drug-likeness (QED) is 0.929. The summed E-state index contributed by atoms with van der Waals surface area (Å²) in [5.74, 6) is -0.307. The van der Waals surface area contributed by atoms with Gasteiger partial charge in [0.15, 0.2) is 0 Å². The third kappa shape index (κ3) is 2.91. The standard InChI is InChI=1S/C12H12BrFN2S/c1-2-16-11(12-10(13)3-4-17-12)8-5-9(14)7-15-6-8/h3-7,11,16H,2H2,1H3. The summed E-state index contributed by atoms with van der Waals surface area (Å²) in [6.45, 7) is 2.84. The van der Waals surface area contributed by atoms with Gasteiger partial charge >= 0.3 is 0 Å². The van der Waals surface area contributed by atoms with Gasteiger partial charge in [0.1, 0.15) is 5.82 Å². The monoisotopic (exact) mass is 314 g/mol. The predicted octanol–water partition coefficient (Wildman–Crippen LogP) is 3.74. The van der Waals surface area contributed by atoms with Crippen LogP contribution in [0.15, 0.2) is 34.4 Å². The number of hydrogen-bond acceptors (Lipinski definition) is 3. The van der Waals surface area contributed by atoms with Gasteiger partial charge in [0.25, 0.3) is 0 Å². The van der Waals surface area contributed by atoms with Crippen LogP contribution in [0, 0.1) is 5.82 Å². The van der Waals surface area contributed by atoms with Gasteiger partial charge in [0, 0.05) is 15.5 Å². The molecule has 0 aliphatic rings. The Morgan fingerprint density at radius 3 is 2.94 bits per heavy atom. The summed E-state index contributed by atoms with van der Waals surface area (Å²) < 4.78 is 14.3. The van der Waals surface area contributed by atoms with Gasteiger partial charge in [-0.3, -0.25) is 4.98 Å². The van der Waals surface area contributed by atoms with Crippen LogP contribution in [0.1, 0.15) is 23.4 Å². The van der Waals surface area contributed by atoms with Crippen molar-refractivity contribution in [2.24, 2.45) is 0 Å². The molecule has 17 heavy (non-hydrogen) atoms. The lowest BCUT2D eigenvalue weighted by Gasteiger charge is -2.17. The number of hydrogen-bond donors (Lipinski definition) is 1. The third-order valence-electron chi connectivity index (χ3n) is 2.37. The fourth-order valence-corrected chi connectivity index (χ4v) is 3.37. The lowest BCUT2D eigenvalue weighted by Crippen LogP contribution is -2.21. The second-order valence-corrected chi connectivity index (χ2v) is 5.36. The van der Waals surface area contributed by atoms with Crippen molar-refractivity contribution in [2.45, 2.75) is 13.0 Å². The topological polar surface area (TPSA) is 24.9 Å². The zero-order valence-corrected chi connectivity index (χ0v) is 11.7. The number of aromatic nitrogens is 1. The molecule has 0 aliphatic heterocycles. The Bertz CT molecular complexity index is 501. The van der Waals surface area contributed by atoms with E-state index in [-0.39, 0.29) is 11.9 Å². The van der Waals surface area contributed by atoms with Gasteiger partial charge < -0.3 is 5.32 Å². The van der Waals surface area contributed by atoms with E-state index in [9.17, 15) is 4.39 Å². The number of halogens is 2. The molecule has 0 aromatic carbocycles. The molecular formula is C12H12BrFN2S. The van der Waals surface area contributed by atoms with Crippen LogP contribution in [-0.2, 0) is 0 Å².